The molecule has 3 nitrogen and oxygen atoms in total. The summed E-state index contributed by atoms with van der Waals surface area (Å²) in [5.41, 5.74) is 0. The van der Waals surface area contributed by atoms with E-state index in [1.165, 1.54) is 0 Å². The predicted molar refractivity (Wildman–Crippen MR) is 43.8 cm³/mol. The molecule has 1 aromatic rings. The molecule has 14 heavy (non-hydrogen) atoms. The van der Waals surface area contributed by atoms with Gasteiger partial charge < -0.3 is 0 Å². The van der Waals surface area contributed by atoms with Crippen molar-refractivity contribution in [1.29, 1.82) is 0 Å². The van der Waals surface area contributed by atoms with Crippen LogP contribution in [0.15, 0.2) is 15.4 Å². The molecule has 0 unspecified atom stereocenters. The van der Waals surface area contributed by atoms with Crippen molar-refractivity contribution in [3.63, 3.8) is 0 Å². The van der Waals surface area contributed by atoms with Crippen LogP contribution >= 0.6 is 15.9 Å². The van der Waals surface area contributed by atoms with Gasteiger partial charge in [-0.25, -0.2) is 13.2 Å². The summed E-state index contributed by atoms with van der Waals surface area (Å²) in [5.74, 6) is -4.69. The molecule has 0 amide bonds. The minimum Gasteiger partial charge on any atom is -0.282 e. The Morgan fingerprint density at radius 1 is 1.21 bits per heavy atom. The number of benzene rings is 1. The maximum Gasteiger partial charge on any atom is 0.300 e. The highest BCUT2D eigenvalue weighted by atomic mass is 79.9. The number of rotatable bonds is 1. The van der Waals surface area contributed by atoms with Crippen LogP contribution in [0.2, 0.25) is 0 Å². The van der Waals surface area contributed by atoms with Gasteiger partial charge in [-0.05, 0) is 15.9 Å². The lowest BCUT2D eigenvalue weighted by atomic mass is 10.3. The van der Waals surface area contributed by atoms with Crippen LogP contribution in [-0.4, -0.2) is 13.0 Å². The normalized spacial score (nSPS) is 11.8. The van der Waals surface area contributed by atoms with Crippen molar-refractivity contribution in [1.82, 2.24) is 0 Å². The van der Waals surface area contributed by atoms with E-state index in [0.29, 0.717) is 0 Å². The van der Waals surface area contributed by atoms with Crippen molar-refractivity contribution in [2.45, 2.75) is 4.90 Å². The average Bonchev–Trinajstić information content (AvgIpc) is 1.97. The van der Waals surface area contributed by atoms with Crippen molar-refractivity contribution in [2.75, 3.05) is 0 Å². The molecular formula is C6H2BrF3O3S. The van der Waals surface area contributed by atoms with Crippen LogP contribution in [0.3, 0.4) is 0 Å². The molecule has 1 rings (SSSR count). The number of hydrogen-bond acceptors (Lipinski definition) is 2. The van der Waals surface area contributed by atoms with Gasteiger partial charge in [-0.2, -0.15) is 8.42 Å². The Kier molecular flexibility index (Phi) is 2.88. The molecule has 0 aromatic heterocycles. The quantitative estimate of drug-likeness (QED) is 0.490. The average molecular weight is 291 g/mol. The lowest BCUT2D eigenvalue weighted by Crippen LogP contribution is -2.07. The molecule has 1 N–H and O–H groups in total. The van der Waals surface area contributed by atoms with Gasteiger partial charge in [-0.15, -0.1) is 0 Å². The summed E-state index contributed by atoms with van der Waals surface area (Å²) in [5, 5.41) is 0. The van der Waals surface area contributed by atoms with Gasteiger partial charge in [0.1, 0.15) is 11.6 Å². The molecule has 8 heteroatoms. The molecule has 0 spiro atoms. The van der Waals surface area contributed by atoms with Gasteiger partial charge in [0.05, 0.1) is 4.47 Å². The van der Waals surface area contributed by atoms with Gasteiger partial charge >= 0.3 is 0 Å². The standard InChI is InChI=1S/C6H2BrF3O3S/c7-4-2(8)1-3(9)6(5(4)10)14(11,12)13/h1H,(H,11,12,13). The van der Waals surface area contributed by atoms with Gasteiger partial charge in [-0.1, -0.05) is 0 Å². The highest BCUT2D eigenvalue weighted by Gasteiger charge is 2.26. The first kappa shape index (κ1) is 11.5. The van der Waals surface area contributed by atoms with Gasteiger partial charge in [0.15, 0.2) is 10.7 Å². The van der Waals surface area contributed by atoms with Crippen LogP contribution in [0.1, 0.15) is 0 Å². The first-order valence-corrected chi connectivity index (χ1v) is 5.29. The fourth-order valence-electron chi connectivity index (χ4n) is 0.786. The topological polar surface area (TPSA) is 54.4 Å². The molecule has 78 valence electrons. The molecule has 0 heterocycles. The maximum absolute atomic E-state index is 13.0. The highest BCUT2D eigenvalue weighted by molar-refractivity contribution is 9.10. The third-order valence-electron chi connectivity index (χ3n) is 1.33. The van der Waals surface area contributed by atoms with E-state index in [-0.39, 0.29) is 6.07 Å². The molecule has 0 saturated carbocycles. The summed E-state index contributed by atoms with van der Waals surface area (Å²) >= 11 is 2.36. The van der Waals surface area contributed by atoms with Crippen molar-refractivity contribution < 1.29 is 26.1 Å². The second kappa shape index (κ2) is 3.52. The molecule has 0 aliphatic heterocycles. The van der Waals surface area contributed by atoms with Gasteiger partial charge in [0.25, 0.3) is 10.1 Å². The van der Waals surface area contributed by atoms with E-state index in [1.54, 1.807) is 0 Å². The molecule has 0 bridgehead atoms. The summed E-state index contributed by atoms with van der Waals surface area (Å²) in [6.45, 7) is 0. The number of halogens is 4. The van der Waals surface area contributed by atoms with Gasteiger partial charge in [-0.3, -0.25) is 4.55 Å². The second-order valence-electron chi connectivity index (χ2n) is 2.27. The first-order valence-electron chi connectivity index (χ1n) is 3.05. The van der Waals surface area contributed by atoms with E-state index in [0.717, 1.165) is 0 Å². The summed E-state index contributed by atoms with van der Waals surface area (Å²) in [6, 6.07) is 0.149. The van der Waals surface area contributed by atoms with E-state index >= 15 is 0 Å². The molecule has 0 aliphatic carbocycles. The van der Waals surface area contributed by atoms with Crippen LogP contribution in [-0.2, 0) is 10.1 Å². The third kappa shape index (κ3) is 1.91. The van der Waals surface area contributed by atoms with Crippen LogP contribution in [0.5, 0.6) is 0 Å². The molecule has 0 saturated heterocycles. The Bertz CT molecular complexity index is 486. The van der Waals surface area contributed by atoms with Crippen LogP contribution in [0, 0.1) is 17.5 Å². The first-order chi connectivity index (χ1) is 6.25. The van der Waals surface area contributed by atoms with E-state index in [9.17, 15) is 21.6 Å². The van der Waals surface area contributed by atoms with E-state index < -0.39 is 36.9 Å². The fourth-order valence-corrected chi connectivity index (χ4v) is 1.86. The minimum absolute atomic E-state index is 0.149. The molecule has 0 fully saturated rings. The molecular weight excluding hydrogens is 289 g/mol. The van der Waals surface area contributed by atoms with Gasteiger partial charge in [0.2, 0.25) is 0 Å². The zero-order valence-electron chi connectivity index (χ0n) is 6.26. The van der Waals surface area contributed by atoms with Crippen molar-refractivity contribution >= 4 is 26.0 Å². The zero-order chi connectivity index (χ0) is 11.1. The van der Waals surface area contributed by atoms with E-state index in [2.05, 4.69) is 15.9 Å². The predicted octanol–water partition coefficient (Wildman–Crippen LogP) is 2.11. The van der Waals surface area contributed by atoms with Crippen molar-refractivity contribution in [3.8, 4) is 0 Å². The fraction of sp³-hybridized carbons (Fsp3) is 0. The van der Waals surface area contributed by atoms with Crippen molar-refractivity contribution in [3.05, 3.63) is 28.0 Å². The SMILES string of the molecule is O=S(=O)(O)c1c(F)cc(F)c(Br)c1F. The lowest BCUT2D eigenvalue weighted by molar-refractivity contribution is 0.448. The number of hydrogen-bond donors (Lipinski definition) is 1. The molecule has 0 radical (unpaired) electrons. The third-order valence-corrected chi connectivity index (χ3v) is 2.95. The molecule has 1 aromatic carbocycles. The summed E-state index contributed by atoms with van der Waals surface area (Å²) in [4.78, 5) is -1.58. The summed E-state index contributed by atoms with van der Waals surface area (Å²) in [7, 11) is -5.05. The smallest absolute Gasteiger partial charge is 0.282 e. The van der Waals surface area contributed by atoms with Crippen LogP contribution in [0.25, 0.3) is 0 Å². The summed E-state index contributed by atoms with van der Waals surface area (Å²) in [6.07, 6.45) is 0. The Labute approximate surface area is 85.4 Å². The Balaban J connectivity index is 3.70. The van der Waals surface area contributed by atoms with E-state index in [4.69, 9.17) is 4.55 Å². The Morgan fingerprint density at radius 2 is 1.71 bits per heavy atom. The summed E-state index contributed by atoms with van der Waals surface area (Å²) < 4.78 is 66.8. The molecule has 0 aliphatic rings. The maximum atomic E-state index is 13.0. The zero-order valence-corrected chi connectivity index (χ0v) is 8.66. The van der Waals surface area contributed by atoms with E-state index in [1.807, 2.05) is 0 Å². The Hall–Kier alpha value is -0.600. The van der Waals surface area contributed by atoms with Gasteiger partial charge in [0, 0.05) is 6.07 Å². The lowest BCUT2D eigenvalue weighted by Gasteiger charge is -2.03. The highest BCUT2D eigenvalue weighted by Crippen LogP contribution is 2.27. The minimum atomic E-state index is -5.05. The second-order valence-corrected chi connectivity index (χ2v) is 4.42. The molecule has 0 atom stereocenters. The van der Waals surface area contributed by atoms with Crippen LogP contribution < -0.4 is 0 Å². The van der Waals surface area contributed by atoms with Crippen LogP contribution in [0.4, 0.5) is 13.2 Å². The Morgan fingerprint density at radius 3 is 2.14 bits per heavy atom. The monoisotopic (exact) mass is 290 g/mol. The van der Waals surface area contributed by atoms with Crippen molar-refractivity contribution in [2.24, 2.45) is 0 Å². The largest absolute Gasteiger partial charge is 0.300 e.